The Kier molecular flexibility index (Phi) is 4.54. The van der Waals surface area contributed by atoms with Crippen molar-refractivity contribution in [2.24, 2.45) is 0 Å². The summed E-state index contributed by atoms with van der Waals surface area (Å²) in [5.74, 6) is -0.193. The highest BCUT2D eigenvalue weighted by atomic mass is 16.5. The quantitative estimate of drug-likeness (QED) is 0.448. The standard InChI is InChI=1S/C19H17NO5/c1-24-14-9-7-12(8-10-14)17-15(18(21)19(22)25-2)11-13-5-3-4-6-16(13)20(17)23/h3-11,18,21H,1-2H3. The average molecular weight is 339 g/mol. The maximum atomic E-state index is 12.9. The molecule has 0 amide bonds. The lowest BCUT2D eigenvalue weighted by molar-refractivity contribution is -0.565. The molecule has 0 aliphatic heterocycles. The van der Waals surface area contributed by atoms with Gasteiger partial charge < -0.3 is 19.8 Å². The molecule has 0 aliphatic rings. The summed E-state index contributed by atoms with van der Waals surface area (Å²) in [4.78, 5) is 11.8. The molecule has 1 heterocycles. The number of esters is 1. The molecule has 0 radical (unpaired) electrons. The lowest BCUT2D eigenvalue weighted by Gasteiger charge is -2.16. The fourth-order valence-electron chi connectivity index (χ4n) is 2.75. The van der Waals surface area contributed by atoms with Crippen LogP contribution in [0.15, 0.2) is 54.6 Å². The zero-order valence-electron chi connectivity index (χ0n) is 13.8. The normalized spacial score (nSPS) is 12.0. The second-order valence-corrected chi connectivity index (χ2v) is 5.46. The minimum absolute atomic E-state index is 0.186. The molecule has 1 atom stereocenters. The van der Waals surface area contributed by atoms with Gasteiger partial charge in [0.2, 0.25) is 11.2 Å². The van der Waals surface area contributed by atoms with Crippen LogP contribution in [0.1, 0.15) is 11.7 Å². The Hall–Kier alpha value is -3.12. The lowest BCUT2D eigenvalue weighted by atomic mass is 9.99. The molecule has 0 saturated carbocycles. The molecule has 6 heteroatoms. The molecule has 1 aromatic heterocycles. The van der Waals surface area contributed by atoms with Crippen LogP contribution in [0, 0.1) is 5.21 Å². The van der Waals surface area contributed by atoms with E-state index >= 15 is 0 Å². The lowest BCUT2D eigenvalue weighted by Crippen LogP contribution is -2.33. The Morgan fingerprint density at radius 2 is 1.80 bits per heavy atom. The van der Waals surface area contributed by atoms with Crippen molar-refractivity contribution in [1.82, 2.24) is 0 Å². The molecule has 6 nitrogen and oxygen atoms in total. The van der Waals surface area contributed by atoms with Gasteiger partial charge in [-0.25, -0.2) is 4.79 Å². The molecular weight excluding hydrogens is 322 g/mol. The number of methoxy groups -OCH3 is 2. The van der Waals surface area contributed by atoms with Crippen LogP contribution < -0.4 is 9.47 Å². The highest BCUT2D eigenvalue weighted by Gasteiger charge is 2.29. The molecule has 3 aromatic rings. The van der Waals surface area contributed by atoms with Crippen LogP contribution in [0.5, 0.6) is 5.75 Å². The van der Waals surface area contributed by atoms with Gasteiger partial charge in [0.25, 0.3) is 0 Å². The first kappa shape index (κ1) is 16.7. The third-order valence-electron chi connectivity index (χ3n) is 4.03. The van der Waals surface area contributed by atoms with E-state index in [-0.39, 0.29) is 11.3 Å². The van der Waals surface area contributed by atoms with Crippen LogP contribution in [0.3, 0.4) is 0 Å². The number of ether oxygens (including phenoxy) is 2. The van der Waals surface area contributed by atoms with Gasteiger partial charge in [-0.05, 0) is 36.4 Å². The summed E-state index contributed by atoms with van der Waals surface area (Å²) in [5, 5.41) is 23.9. The summed E-state index contributed by atoms with van der Waals surface area (Å²) < 4.78 is 10.5. The largest absolute Gasteiger partial charge is 0.618 e. The number of hydrogen-bond donors (Lipinski definition) is 1. The first-order chi connectivity index (χ1) is 12.1. The van der Waals surface area contributed by atoms with E-state index in [2.05, 4.69) is 4.74 Å². The maximum absolute atomic E-state index is 12.9. The van der Waals surface area contributed by atoms with Gasteiger partial charge in [0.1, 0.15) is 5.75 Å². The van der Waals surface area contributed by atoms with Crippen molar-refractivity contribution in [3.8, 4) is 17.0 Å². The topological polar surface area (TPSA) is 82.7 Å². The van der Waals surface area contributed by atoms with Crippen LogP contribution >= 0.6 is 0 Å². The zero-order chi connectivity index (χ0) is 18.0. The minimum atomic E-state index is -1.56. The van der Waals surface area contributed by atoms with Gasteiger partial charge in [0.05, 0.1) is 19.8 Å². The summed E-state index contributed by atoms with van der Waals surface area (Å²) in [6, 6.07) is 15.4. The number of para-hydroxylation sites is 1. The number of hydrogen-bond acceptors (Lipinski definition) is 5. The predicted octanol–water partition coefficient (Wildman–Crippen LogP) is 2.36. The Morgan fingerprint density at radius 1 is 1.12 bits per heavy atom. The first-order valence-electron chi connectivity index (χ1n) is 7.62. The summed E-state index contributed by atoms with van der Waals surface area (Å²) in [6.45, 7) is 0. The van der Waals surface area contributed by atoms with Gasteiger partial charge in [-0.1, -0.05) is 12.1 Å². The van der Waals surface area contributed by atoms with Gasteiger partial charge in [-0.2, -0.15) is 4.73 Å². The van der Waals surface area contributed by atoms with Crippen molar-refractivity contribution in [3.05, 3.63) is 65.4 Å². The summed E-state index contributed by atoms with van der Waals surface area (Å²) >= 11 is 0. The molecule has 0 spiro atoms. The third kappa shape index (κ3) is 2.99. The Morgan fingerprint density at radius 3 is 2.44 bits per heavy atom. The third-order valence-corrected chi connectivity index (χ3v) is 4.03. The summed E-state index contributed by atoms with van der Waals surface area (Å²) in [5.41, 5.74) is 1.37. The summed E-state index contributed by atoms with van der Waals surface area (Å²) in [6.07, 6.45) is -1.56. The number of pyridine rings is 1. The van der Waals surface area contributed by atoms with E-state index in [4.69, 9.17) is 4.74 Å². The second-order valence-electron chi connectivity index (χ2n) is 5.46. The average Bonchev–Trinajstić information content (AvgIpc) is 2.67. The van der Waals surface area contributed by atoms with Gasteiger partial charge in [0, 0.05) is 17.0 Å². The molecule has 128 valence electrons. The highest BCUT2D eigenvalue weighted by Crippen LogP contribution is 2.30. The number of fused-ring (bicyclic) bond motifs is 1. The van der Waals surface area contributed by atoms with E-state index in [1.165, 1.54) is 7.11 Å². The van der Waals surface area contributed by atoms with Crippen LogP contribution in [-0.4, -0.2) is 25.3 Å². The predicted molar refractivity (Wildman–Crippen MR) is 91.9 cm³/mol. The van der Waals surface area contributed by atoms with Crippen molar-refractivity contribution < 1.29 is 24.1 Å². The maximum Gasteiger partial charge on any atom is 0.339 e. The van der Waals surface area contributed by atoms with Crippen LogP contribution in [-0.2, 0) is 9.53 Å². The van der Waals surface area contributed by atoms with Crippen molar-refractivity contribution >= 4 is 16.9 Å². The van der Waals surface area contributed by atoms with Crippen molar-refractivity contribution in [2.75, 3.05) is 14.2 Å². The highest BCUT2D eigenvalue weighted by molar-refractivity contribution is 5.84. The minimum Gasteiger partial charge on any atom is -0.618 e. The number of nitrogens with zero attached hydrogens (tertiary/aromatic N) is 1. The Labute approximate surface area is 144 Å². The number of carbonyl (C=O) groups excluding carboxylic acids is 1. The molecule has 1 unspecified atom stereocenters. The van der Waals surface area contributed by atoms with Gasteiger partial charge in [0.15, 0.2) is 6.10 Å². The zero-order valence-corrected chi connectivity index (χ0v) is 13.8. The second kappa shape index (κ2) is 6.78. The van der Waals surface area contributed by atoms with Crippen LogP contribution in [0.2, 0.25) is 0 Å². The van der Waals surface area contributed by atoms with Crippen molar-refractivity contribution in [1.29, 1.82) is 0 Å². The molecule has 0 fully saturated rings. The molecule has 2 aromatic carbocycles. The van der Waals surface area contributed by atoms with Crippen molar-refractivity contribution in [3.63, 3.8) is 0 Å². The molecule has 0 saturated heterocycles. The molecule has 1 N–H and O–H groups in total. The number of carbonyl (C=O) groups is 1. The van der Waals surface area contributed by atoms with Crippen molar-refractivity contribution in [2.45, 2.75) is 6.10 Å². The van der Waals surface area contributed by atoms with E-state index in [0.717, 1.165) is 4.73 Å². The van der Waals surface area contributed by atoms with Gasteiger partial charge in [-0.3, -0.25) is 0 Å². The number of aromatic nitrogens is 1. The van der Waals surface area contributed by atoms with E-state index < -0.39 is 12.1 Å². The molecular formula is C19H17NO5. The number of rotatable bonds is 4. The van der Waals surface area contributed by atoms with E-state index in [1.54, 1.807) is 61.7 Å². The Balaban J connectivity index is 2.29. The SMILES string of the molecule is COC(=O)C(O)c1cc2ccccc2[n+]([O-])c1-c1ccc(OC)cc1. The van der Waals surface area contributed by atoms with Crippen LogP contribution in [0.25, 0.3) is 22.2 Å². The molecule has 3 rings (SSSR count). The summed E-state index contributed by atoms with van der Waals surface area (Å²) in [7, 11) is 2.73. The van der Waals surface area contributed by atoms with E-state index in [1.807, 2.05) is 0 Å². The van der Waals surface area contributed by atoms with Gasteiger partial charge >= 0.3 is 5.97 Å². The number of aliphatic hydroxyl groups excluding tert-OH is 1. The van der Waals surface area contributed by atoms with E-state index in [9.17, 15) is 15.1 Å². The number of benzene rings is 2. The monoisotopic (exact) mass is 339 g/mol. The fourth-order valence-corrected chi connectivity index (χ4v) is 2.75. The fraction of sp³-hybridized carbons (Fsp3) is 0.158. The molecule has 0 aliphatic carbocycles. The number of aliphatic hydroxyl groups is 1. The molecule has 0 bridgehead atoms. The molecule has 25 heavy (non-hydrogen) atoms. The smallest absolute Gasteiger partial charge is 0.339 e. The first-order valence-corrected chi connectivity index (χ1v) is 7.62. The Bertz CT molecular complexity index is 921. The van der Waals surface area contributed by atoms with E-state index in [0.29, 0.717) is 22.2 Å². The van der Waals surface area contributed by atoms with Crippen LogP contribution in [0.4, 0.5) is 0 Å². The van der Waals surface area contributed by atoms with Gasteiger partial charge in [-0.15, -0.1) is 0 Å².